The van der Waals surface area contributed by atoms with Gasteiger partial charge in [0.15, 0.2) is 0 Å². The highest BCUT2D eigenvalue weighted by Crippen LogP contribution is 2.14. The Kier molecular flexibility index (Phi) is 5.21. The Bertz CT molecular complexity index is 570. The quantitative estimate of drug-likeness (QED) is 0.823. The highest BCUT2D eigenvalue weighted by molar-refractivity contribution is 5.46. The predicted molar refractivity (Wildman–Crippen MR) is 88.1 cm³/mol. The fourth-order valence-electron chi connectivity index (χ4n) is 2.55. The molecule has 3 rings (SSSR count). The van der Waals surface area contributed by atoms with Crippen molar-refractivity contribution in [3.63, 3.8) is 0 Å². The van der Waals surface area contributed by atoms with Crippen LogP contribution < -0.4 is 10.6 Å². The molecule has 1 aromatic heterocycles. The first-order valence-electron chi connectivity index (χ1n) is 7.85. The average Bonchev–Trinajstić information content (AvgIpc) is 3.08. The lowest BCUT2D eigenvalue weighted by Crippen LogP contribution is -2.19. The number of aromatic nitrogens is 2. The van der Waals surface area contributed by atoms with E-state index in [0.717, 1.165) is 50.6 Å². The second kappa shape index (κ2) is 7.75. The van der Waals surface area contributed by atoms with E-state index in [1.165, 1.54) is 5.56 Å². The minimum atomic E-state index is 0.310. The first-order chi connectivity index (χ1) is 10.9. The van der Waals surface area contributed by atoms with Gasteiger partial charge in [0.25, 0.3) is 0 Å². The molecule has 0 aliphatic carbocycles. The minimum absolute atomic E-state index is 0.310. The van der Waals surface area contributed by atoms with Crippen molar-refractivity contribution < 1.29 is 4.74 Å². The fourth-order valence-corrected chi connectivity index (χ4v) is 2.55. The van der Waals surface area contributed by atoms with Gasteiger partial charge in [-0.3, -0.25) is 0 Å². The molecule has 5 nitrogen and oxygen atoms in total. The van der Waals surface area contributed by atoms with E-state index in [9.17, 15) is 0 Å². The summed E-state index contributed by atoms with van der Waals surface area (Å²) in [5.41, 5.74) is 1.32. The van der Waals surface area contributed by atoms with Crippen LogP contribution in [0.15, 0.2) is 42.7 Å². The number of hydrogen-bond donors (Lipinski definition) is 2. The van der Waals surface area contributed by atoms with Crippen LogP contribution in [0.1, 0.15) is 18.4 Å². The molecule has 2 heterocycles. The van der Waals surface area contributed by atoms with Crippen LogP contribution in [0.2, 0.25) is 0 Å². The van der Waals surface area contributed by atoms with Crippen molar-refractivity contribution in [2.75, 3.05) is 30.3 Å². The standard InChI is InChI=1S/C17H22N4O/c1-2-5-14(6-3-1)8-9-18-16-11-17(21-13-20-16)19-12-15-7-4-10-22-15/h1-3,5-6,11,13,15H,4,7-10,12H2,(H2,18,19,20,21). The average molecular weight is 298 g/mol. The van der Waals surface area contributed by atoms with E-state index in [2.05, 4.69) is 44.9 Å². The zero-order valence-electron chi connectivity index (χ0n) is 12.7. The van der Waals surface area contributed by atoms with Crippen molar-refractivity contribution in [2.24, 2.45) is 0 Å². The largest absolute Gasteiger partial charge is 0.376 e. The van der Waals surface area contributed by atoms with Gasteiger partial charge in [0.1, 0.15) is 18.0 Å². The molecular weight excluding hydrogens is 276 g/mol. The normalized spacial score (nSPS) is 17.4. The van der Waals surface area contributed by atoms with Crippen LogP contribution in [0, 0.1) is 0 Å². The van der Waals surface area contributed by atoms with Crippen molar-refractivity contribution in [3.05, 3.63) is 48.3 Å². The summed E-state index contributed by atoms with van der Waals surface area (Å²) < 4.78 is 5.60. The molecule has 0 bridgehead atoms. The van der Waals surface area contributed by atoms with Gasteiger partial charge in [-0.1, -0.05) is 30.3 Å². The Morgan fingerprint density at radius 1 is 1.09 bits per heavy atom. The number of rotatable bonds is 7. The molecule has 1 aliphatic heterocycles. The van der Waals surface area contributed by atoms with E-state index in [0.29, 0.717) is 6.10 Å². The number of hydrogen-bond acceptors (Lipinski definition) is 5. The lowest BCUT2D eigenvalue weighted by molar-refractivity contribution is 0.120. The van der Waals surface area contributed by atoms with E-state index in [-0.39, 0.29) is 0 Å². The van der Waals surface area contributed by atoms with Crippen molar-refractivity contribution in [3.8, 4) is 0 Å². The zero-order valence-corrected chi connectivity index (χ0v) is 12.7. The monoisotopic (exact) mass is 298 g/mol. The first-order valence-corrected chi connectivity index (χ1v) is 7.85. The summed E-state index contributed by atoms with van der Waals surface area (Å²) in [5, 5.41) is 6.66. The second-order valence-corrected chi connectivity index (χ2v) is 5.47. The summed E-state index contributed by atoms with van der Waals surface area (Å²) in [7, 11) is 0. The third-order valence-corrected chi connectivity index (χ3v) is 3.76. The molecule has 5 heteroatoms. The maximum Gasteiger partial charge on any atom is 0.131 e. The van der Waals surface area contributed by atoms with Crippen LogP contribution in [-0.4, -0.2) is 35.8 Å². The maximum absolute atomic E-state index is 5.60. The number of anilines is 2. The van der Waals surface area contributed by atoms with E-state index < -0.39 is 0 Å². The molecule has 2 N–H and O–H groups in total. The number of nitrogens with zero attached hydrogens (tertiary/aromatic N) is 2. The summed E-state index contributed by atoms with van der Waals surface area (Å²) in [6.45, 7) is 2.54. The second-order valence-electron chi connectivity index (χ2n) is 5.47. The molecule has 0 saturated carbocycles. The Labute approximate surface area is 131 Å². The molecule has 1 atom stereocenters. The van der Waals surface area contributed by atoms with E-state index in [4.69, 9.17) is 4.74 Å². The molecule has 2 aromatic rings. The van der Waals surface area contributed by atoms with Crippen LogP contribution in [0.3, 0.4) is 0 Å². The van der Waals surface area contributed by atoms with E-state index >= 15 is 0 Å². The summed E-state index contributed by atoms with van der Waals surface area (Å²) in [4.78, 5) is 8.51. The summed E-state index contributed by atoms with van der Waals surface area (Å²) in [6.07, 6.45) is 5.15. The van der Waals surface area contributed by atoms with Crippen molar-refractivity contribution in [1.82, 2.24) is 9.97 Å². The molecule has 0 radical (unpaired) electrons. The van der Waals surface area contributed by atoms with Gasteiger partial charge in [-0.25, -0.2) is 9.97 Å². The molecular formula is C17H22N4O. The van der Waals surface area contributed by atoms with Crippen molar-refractivity contribution >= 4 is 11.6 Å². The zero-order chi connectivity index (χ0) is 15.0. The number of nitrogens with one attached hydrogen (secondary N) is 2. The molecule has 0 spiro atoms. The van der Waals surface area contributed by atoms with Gasteiger partial charge in [0, 0.05) is 25.8 Å². The molecule has 1 saturated heterocycles. The highest BCUT2D eigenvalue weighted by atomic mass is 16.5. The summed E-state index contributed by atoms with van der Waals surface area (Å²) in [6, 6.07) is 12.4. The summed E-state index contributed by atoms with van der Waals surface area (Å²) >= 11 is 0. The van der Waals surface area contributed by atoms with Gasteiger partial charge in [-0.05, 0) is 24.8 Å². The lowest BCUT2D eigenvalue weighted by atomic mass is 10.1. The van der Waals surface area contributed by atoms with Crippen LogP contribution in [-0.2, 0) is 11.2 Å². The third kappa shape index (κ3) is 4.43. The van der Waals surface area contributed by atoms with Gasteiger partial charge in [-0.15, -0.1) is 0 Å². The van der Waals surface area contributed by atoms with Crippen LogP contribution in [0.4, 0.5) is 11.6 Å². The Balaban J connectivity index is 1.46. The van der Waals surface area contributed by atoms with Crippen LogP contribution in [0.25, 0.3) is 0 Å². The smallest absolute Gasteiger partial charge is 0.131 e. The Morgan fingerprint density at radius 2 is 1.91 bits per heavy atom. The Hall–Kier alpha value is -2.14. The van der Waals surface area contributed by atoms with Crippen molar-refractivity contribution in [1.29, 1.82) is 0 Å². The molecule has 116 valence electrons. The number of ether oxygens (including phenoxy) is 1. The molecule has 1 aromatic carbocycles. The van der Waals surface area contributed by atoms with E-state index in [1.807, 2.05) is 12.1 Å². The van der Waals surface area contributed by atoms with Crippen molar-refractivity contribution in [2.45, 2.75) is 25.4 Å². The van der Waals surface area contributed by atoms with E-state index in [1.54, 1.807) is 6.33 Å². The minimum Gasteiger partial charge on any atom is -0.376 e. The molecule has 1 unspecified atom stereocenters. The topological polar surface area (TPSA) is 59.1 Å². The molecule has 0 amide bonds. The van der Waals surface area contributed by atoms with Crippen LogP contribution in [0.5, 0.6) is 0 Å². The predicted octanol–water partition coefficient (Wildman–Crippen LogP) is 2.72. The van der Waals surface area contributed by atoms with Gasteiger partial charge < -0.3 is 15.4 Å². The Morgan fingerprint density at radius 3 is 2.68 bits per heavy atom. The fraction of sp³-hybridized carbons (Fsp3) is 0.412. The molecule has 1 fully saturated rings. The molecule has 1 aliphatic rings. The maximum atomic E-state index is 5.60. The lowest BCUT2D eigenvalue weighted by Gasteiger charge is -2.12. The van der Waals surface area contributed by atoms with Gasteiger partial charge >= 0.3 is 0 Å². The highest BCUT2D eigenvalue weighted by Gasteiger charge is 2.14. The first kappa shape index (κ1) is 14.8. The number of benzene rings is 1. The van der Waals surface area contributed by atoms with Gasteiger partial charge in [0.05, 0.1) is 6.10 Å². The van der Waals surface area contributed by atoms with Gasteiger partial charge in [0.2, 0.25) is 0 Å². The van der Waals surface area contributed by atoms with Crippen LogP contribution >= 0.6 is 0 Å². The third-order valence-electron chi connectivity index (χ3n) is 3.76. The van der Waals surface area contributed by atoms with Gasteiger partial charge in [-0.2, -0.15) is 0 Å². The summed E-state index contributed by atoms with van der Waals surface area (Å²) in [5.74, 6) is 1.69. The molecule has 22 heavy (non-hydrogen) atoms. The SMILES string of the molecule is c1ccc(CCNc2cc(NCC3CCCO3)ncn2)cc1.